The predicted octanol–water partition coefficient (Wildman–Crippen LogP) is 3.28. The van der Waals surface area contributed by atoms with Crippen LogP contribution in [0.2, 0.25) is 0 Å². The van der Waals surface area contributed by atoms with Crippen molar-refractivity contribution in [3.05, 3.63) is 35.9 Å². The van der Waals surface area contributed by atoms with E-state index in [1.807, 2.05) is 51.1 Å². The Morgan fingerprint density at radius 2 is 1.80 bits per heavy atom. The van der Waals surface area contributed by atoms with Gasteiger partial charge in [-0.05, 0) is 32.3 Å². The maximum absolute atomic E-state index is 12.2. The maximum atomic E-state index is 12.2. The summed E-state index contributed by atoms with van der Waals surface area (Å²) in [5, 5.41) is 0. The van der Waals surface area contributed by atoms with E-state index in [9.17, 15) is 4.21 Å². The van der Waals surface area contributed by atoms with E-state index >= 15 is 0 Å². The molecule has 114 valence electrons. The first kappa shape index (κ1) is 17.3. The molecule has 0 aliphatic rings. The standard InChI is InChI=1S/C16H27NO2S/c1-13(2)15(17-20(18)16(3,4)5)12-19-11-14-9-7-6-8-10-14/h6-10,13,15,17H,11-12H2,1-5H3/t15-,20+/m0/s1. The third-order valence-corrected chi connectivity index (χ3v) is 4.66. The van der Waals surface area contributed by atoms with Crippen LogP contribution in [0.1, 0.15) is 40.2 Å². The average Bonchev–Trinajstić information content (AvgIpc) is 2.37. The molecule has 1 aromatic carbocycles. The van der Waals surface area contributed by atoms with E-state index in [1.165, 1.54) is 0 Å². The molecule has 1 rings (SSSR count). The van der Waals surface area contributed by atoms with E-state index in [4.69, 9.17) is 4.74 Å². The van der Waals surface area contributed by atoms with Crippen LogP contribution in [0.5, 0.6) is 0 Å². The number of nitrogens with one attached hydrogen (secondary N) is 1. The van der Waals surface area contributed by atoms with Gasteiger partial charge in [-0.1, -0.05) is 44.2 Å². The minimum atomic E-state index is -1.07. The average molecular weight is 297 g/mol. The summed E-state index contributed by atoms with van der Waals surface area (Å²) in [5.41, 5.74) is 1.16. The van der Waals surface area contributed by atoms with Crippen molar-refractivity contribution in [2.24, 2.45) is 5.92 Å². The van der Waals surface area contributed by atoms with Crippen LogP contribution in [0.15, 0.2) is 30.3 Å². The fourth-order valence-electron chi connectivity index (χ4n) is 1.55. The van der Waals surface area contributed by atoms with Gasteiger partial charge in [0.15, 0.2) is 0 Å². The third-order valence-electron chi connectivity index (χ3n) is 3.03. The van der Waals surface area contributed by atoms with E-state index < -0.39 is 11.0 Å². The second-order valence-electron chi connectivity index (χ2n) is 6.35. The number of rotatable bonds is 7. The van der Waals surface area contributed by atoms with Gasteiger partial charge in [-0.3, -0.25) is 0 Å². The van der Waals surface area contributed by atoms with Crippen molar-refractivity contribution >= 4 is 11.0 Å². The summed E-state index contributed by atoms with van der Waals surface area (Å²) in [4.78, 5) is 0. The van der Waals surface area contributed by atoms with Crippen molar-refractivity contribution in [2.45, 2.75) is 52.0 Å². The third kappa shape index (κ3) is 6.16. The highest BCUT2D eigenvalue weighted by Gasteiger charge is 2.24. The maximum Gasteiger partial charge on any atom is 0.0973 e. The van der Waals surface area contributed by atoms with Gasteiger partial charge in [0.05, 0.1) is 28.9 Å². The SMILES string of the molecule is CC(C)[C@H](COCc1ccccc1)N[S@](=O)C(C)(C)C. The Hall–Kier alpha value is -0.710. The van der Waals surface area contributed by atoms with E-state index in [2.05, 4.69) is 18.6 Å². The zero-order valence-corrected chi connectivity index (χ0v) is 14.0. The molecule has 0 heterocycles. The van der Waals surface area contributed by atoms with Crippen LogP contribution in [-0.2, 0) is 22.3 Å². The summed E-state index contributed by atoms with van der Waals surface area (Å²) in [6, 6.07) is 10.2. The van der Waals surface area contributed by atoms with Gasteiger partial charge in [0.1, 0.15) is 0 Å². The summed E-state index contributed by atoms with van der Waals surface area (Å²) in [7, 11) is -1.07. The first-order chi connectivity index (χ1) is 9.30. The summed E-state index contributed by atoms with van der Waals surface area (Å²) >= 11 is 0. The largest absolute Gasteiger partial charge is 0.375 e. The second-order valence-corrected chi connectivity index (χ2v) is 8.35. The first-order valence-electron chi connectivity index (χ1n) is 7.10. The Kier molecular flexibility index (Phi) is 6.86. The molecule has 3 nitrogen and oxygen atoms in total. The molecule has 1 aromatic rings. The van der Waals surface area contributed by atoms with Crippen molar-refractivity contribution < 1.29 is 8.95 Å². The molecule has 0 radical (unpaired) electrons. The lowest BCUT2D eigenvalue weighted by Crippen LogP contribution is -2.44. The minimum absolute atomic E-state index is 0.0961. The molecule has 1 N–H and O–H groups in total. The van der Waals surface area contributed by atoms with E-state index in [-0.39, 0.29) is 10.8 Å². The zero-order valence-electron chi connectivity index (χ0n) is 13.2. The highest BCUT2D eigenvalue weighted by Crippen LogP contribution is 2.12. The van der Waals surface area contributed by atoms with Crippen LogP contribution in [0.4, 0.5) is 0 Å². The van der Waals surface area contributed by atoms with Crippen molar-refractivity contribution in [1.29, 1.82) is 0 Å². The topological polar surface area (TPSA) is 38.3 Å². The zero-order chi connectivity index (χ0) is 15.2. The minimum Gasteiger partial charge on any atom is -0.375 e. The molecular weight excluding hydrogens is 270 g/mol. The molecule has 0 bridgehead atoms. The lowest BCUT2D eigenvalue weighted by Gasteiger charge is -2.26. The summed E-state index contributed by atoms with van der Waals surface area (Å²) in [5.74, 6) is 0.372. The van der Waals surface area contributed by atoms with Crippen molar-refractivity contribution in [2.75, 3.05) is 6.61 Å². The van der Waals surface area contributed by atoms with Crippen molar-refractivity contribution in [1.82, 2.24) is 4.72 Å². The van der Waals surface area contributed by atoms with E-state index in [0.29, 0.717) is 19.1 Å². The number of hydrogen-bond donors (Lipinski definition) is 1. The fraction of sp³-hybridized carbons (Fsp3) is 0.625. The lowest BCUT2D eigenvalue weighted by atomic mass is 10.1. The van der Waals surface area contributed by atoms with Crippen LogP contribution >= 0.6 is 0 Å². The van der Waals surface area contributed by atoms with Crippen molar-refractivity contribution in [3.63, 3.8) is 0 Å². The van der Waals surface area contributed by atoms with Gasteiger partial charge in [-0.2, -0.15) is 0 Å². The first-order valence-corrected chi connectivity index (χ1v) is 8.25. The Labute approximate surface area is 125 Å². The Morgan fingerprint density at radius 1 is 1.20 bits per heavy atom. The molecule has 0 aliphatic heterocycles. The molecule has 0 aromatic heterocycles. The number of benzene rings is 1. The van der Waals surface area contributed by atoms with E-state index in [1.54, 1.807) is 0 Å². The quantitative estimate of drug-likeness (QED) is 0.839. The number of ether oxygens (including phenoxy) is 1. The normalized spacial score (nSPS) is 15.3. The molecule has 0 unspecified atom stereocenters. The van der Waals surface area contributed by atoms with Crippen LogP contribution in [0, 0.1) is 5.92 Å². The summed E-state index contributed by atoms with van der Waals surface area (Å²) < 4.78 is 20.8. The van der Waals surface area contributed by atoms with Gasteiger partial charge in [0.2, 0.25) is 0 Å². The smallest absolute Gasteiger partial charge is 0.0973 e. The number of hydrogen-bond acceptors (Lipinski definition) is 2. The molecular formula is C16H27NO2S. The lowest BCUT2D eigenvalue weighted by molar-refractivity contribution is 0.0931. The molecule has 0 aliphatic carbocycles. The van der Waals surface area contributed by atoms with Gasteiger partial charge in [-0.15, -0.1) is 0 Å². The molecule has 0 spiro atoms. The summed E-state index contributed by atoms with van der Waals surface area (Å²) in [6.07, 6.45) is 0. The van der Waals surface area contributed by atoms with Gasteiger partial charge in [-0.25, -0.2) is 8.93 Å². The Balaban J connectivity index is 2.46. The van der Waals surface area contributed by atoms with Gasteiger partial charge in [0.25, 0.3) is 0 Å². The predicted molar refractivity (Wildman–Crippen MR) is 85.8 cm³/mol. The van der Waals surface area contributed by atoms with Gasteiger partial charge >= 0.3 is 0 Å². The second kappa shape index (κ2) is 7.91. The highest BCUT2D eigenvalue weighted by molar-refractivity contribution is 7.84. The Bertz CT molecular complexity index is 412. The molecule has 2 atom stereocenters. The highest BCUT2D eigenvalue weighted by atomic mass is 32.2. The van der Waals surface area contributed by atoms with Crippen LogP contribution < -0.4 is 4.72 Å². The molecule has 4 heteroatoms. The van der Waals surface area contributed by atoms with E-state index in [0.717, 1.165) is 5.56 Å². The van der Waals surface area contributed by atoms with Gasteiger partial charge in [0, 0.05) is 6.04 Å². The van der Waals surface area contributed by atoms with Crippen molar-refractivity contribution in [3.8, 4) is 0 Å². The molecule has 0 saturated heterocycles. The van der Waals surface area contributed by atoms with Gasteiger partial charge < -0.3 is 4.74 Å². The summed E-state index contributed by atoms with van der Waals surface area (Å²) in [6.45, 7) is 11.3. The Morgan fingerprint density at radius 3 is 2.30 bits per heavy atom. The molecule has 0 amide bonds. The molecule has 20 heavy (non-hydrogen) atoms. The van der Waals surface area contributed by atoms with Crippen LogP contribution in [0.3, 0.4) is 0 Å². The molecule has 0 fully saturated rings. The molecule has 0 saturated carbocycles. The fourth-order valence-corrected chi connectivity index (χ4v) is 2.52. The van der Waals surface area contributed by atoms with Crippen LogP contribution in [0.25, 0.3) is 0 Å². The monoisotopic (exact) mass is 297 g/mol. The van der Waals surface area contributed by atoms with Crippen LogP contribution in [-0.4, -0.2) is 21.6 Å².